The molecule has 0 aliphatic heterocycles. The Morgan fingerprint density at radius 1 is 0.304 bits per heavy atom. The first-order valence-corrected chi connectivity index (χ1v) is 40.8. The summed E-state index contributed by atoms with van der Waals surface area (Å²) in [5, 5.41) is 10.6. The lowest BCUT2D eigenvalue weighted by Crippen LogP contribution is -2.30. The van der Waals surface area contributed by atoms with E-state index in [1.54, 1.807) is 0 Å². The molecule has 0 aromatic carbocycles. The van der Waals surface area contributed by atoms with E-state index in [-0.39, 0.29) is 25.7 Å². The Hall–Kier alpha value is -1.94. The quantitative estimate of drug-likeness (QED) is 0.0222. The molecule has 17 nitrogen and oxygen atoms in total. The van der Waals surface area contributed by atoms with Gasteiger partial charge in [0.2, 0.25) is 0 Å². The van der Waals surface area contributed by atoms with E-state index >= 15 is 0 Å². The average molecular weight is 1350 g/mol. The number of phosphoric ester groups is 2. The van der Waals surface area contributed by atoms with E-state index in [9.17, 15) is 43.2 Å². The van der Waals surface area contributed by atoms with Crippen molar-refractivity contribution in [2.24, 2.45) is 23.7 Å². The van der Waals surface area contributed by atoms with Gasteiger partial charge >= 0.3 is 39.5 Å². The molecule has 0 aromatic heterocycles. The predicted octanol–water partition coefficient (Wildman–Crippen LogP) is 20.9. The first kappa shape index (κ1) is 90.1. The Balaban J connectivity index is 5.17. The number of carbonyl (C=O) groups excluding carboxylic acids is 4. The van der Waals surface area contributed by atoms with Gasteiger partial charge in [-0.3, -0.25) is 37.3 Å². The van der Waals surface area contributed by atoms with Crippen LogP contribution in [0.2, 0.25) is 0 Å². The van der Waals surface area contributed by atoms with Crippen molar-refractivity contribution in [1.29, 1.82) is 0 Å². The molecule has 3 N–H and O–H groups in total. The monoisotopic (exact) mass is 1350 g/mol. The molecule has 0 spiro atoms. The summed E-state index contributed by atoms with van der Waals surface area (Å²) in [6.07, 6.45) is 46.1. The zero-order valence-electron chi connectivity index (χ0n) is 60.2. The molecule has 0 aromatic rings. The van der Waals surface area contributed by atoms with E-state index in [1.807, 2.05) is 0 Å². The van der Waals surface area contributed by atoms with Gasteiger partial charge in [-0.25, -0.2) is 9.13 Å². The maximum atomic E-state index is 13.0. The Bertz CT molecular complexity index is 1820. The number of hydrogen-bond donors (Lipinski definition) is 3. The van der Waals surface area contributed by atoms with Gasteiger partial charge in [0.15, 0.2) is 12.2 Å². The summed E-state index contributed by atoms with van der Waals surface area (Å²) in [6.45, 7) is 14.1. The van der Waals surface area contributed by atoms with Crippen LogP contribution in [0.4, 0.5) is 0 Å². The smallest absolute Gasteiger partial charge is 0.462 e. The fraction of sp³-hybridized carbons (Fsp3) is 0.945. The minimum Gasteiger partial charge on any atom is -0.462 e. The van der Waals surface area contributed by atoms with E-state index in [2.05, 4.69) is 55.4 Å². The van der Waals surface area contributed by atoms with Crippen LogP contribution in [-0.2, 0) is 65.4 Å². The van der Waals surface area contributed by atoms with Crippen LogP contribution in [0.5, 0.6) is 0 Å². The second kappa shape index (κ2) is 62.6. The molecule has 0 saturated carbocycles. The fourth-order valence-corrected chi connectivity index (χ4v) is 12.5. The third-order valence-electron chi connectivity index (χ3n) is 17.5. The molecular weight excluding hydrogens is 1210 g/mol. The third kappa shape index (κ3) is 64.1. The molecule has 0 heterocycles. The van der Waals surface area contributed by atoms with Gasteiger partial charge in [0.1, 0.15) is 19.3 Å². The summed E-state index contributed by atoms with van der Waals surface area (Å²) in [5.74, 6) is 0.869. The van der Waals surface area contributed by atoms with Gasteiger partial charge in [0.25, 0.3) is 0 Å². The zero-order valence-corrected chi connectivity index (χ0v) is 62.0. The summed E-state index contributed by atoms with van der Waals surface area (Å²) in [4.78, 5) is 72.6. The summed E-state index contributed by atoms with van der Waals surface area (Å²) in [7, 11) is -9.91. The highest BCUT2D eigenvalue weighted by molar-refractivity contribution is 7.47. The van der Waals surface area contributed by atoms with Crippen molar-refractivity contribution in [1.82, 2.24) is 0 Å². The van der Waals surface area contributed by atoms with Crippen LogP contribution in [0.25, 0.3) is 0 Å². The number of carbonyl (C=O) groups is 4. The molecule has 19 heteroatoms. The molecular formula is C73H142O17P2. The van der Waals surface area contributed by atoms with Gasteiger partial charge in [-0.2, -0.15) is 0 Å². The molecule has 0 amide bonds. The number of unbranched alkanes of at least 4 members (excludes halogenated alkanes) is 34. The number of esters is 4. The third-order valence-corrected chi connectivity index (χ3v) is 19.4. The number of ether oxygens (including phenoxy) is 4. The maximum absolute atomic E-state index is 13.0. The predicted molar refractivity (Wildman–Crippen MR) is 372 cm³/mol. The van der Waals surface area contributed by atoms with Crippen molar-refractivity contribution in [3.8, 4) is 0 Å². The standard InChI is InChI=1S/C73H142O17P2/c1-9-65(7)51-43-35-26-23-24-28-40-48-56-73(78)90-68(59-83-70(75)53-45-37-31-29-34-42-50-64(5)6)61-87-91(79,80)85-57-67(74)58-86-92(81,82)88-62-69(60-84-71(76)54-46-38-32-30-36-44-52-66(8)10-2)89-72(77)55-47-39-27-22-20-18-16-14-12-11-13-15-17-19-21-25-33-41-49-63(3)4/h63-69,74H,9-62H2,1-8H3,(H,79,80)(H,81,82)/t65?,66?,67-,68-,69-/m1/s1. The number of phosphoric acid groups is 2. The Labute approximate surface area is 562 Å². The van der Waals surface area contributed by atoms with Crippen molar-refractivity contribution in [3.05, 3.63) is 0 Å². The summed E-state index contributed by atoms with van der Waals surface area (Å²) < 4.78 is 68.3. The summed E-state index contributed by atoms with van der Waals surface area (Å²) in [5.41, 5.74) is 0. The summed E-state index contributed by atoms with van der Waals surface area (Å²) in [6, 6.07) is 0. The SMILES string of the molecule is CCC(C)CCCCCCCCCCC(=O)O[C@H](COC(=O)CCCCCCCCC(C)C)COP(=O)(O)OC[C@@H](O)COP(=O)(O)OC[C@@H](COC(=O)CCCCCCCCC(C)CC)OC(=O)CCCCCCCCCCCCCCCCCCCCC(C)C. The van der Waals surface area contributed by atoms with Crippen molar-refractivity contribution in [3.63, 3.8) is 0 Å². The molecule has 0 radical (unpaired) electrons. The Morgan fingerprint density at radius 3 is 0.772 bits per heavy atom. The molecule has 0 aliphatic carbocycles. The van der Waals surface area contributed by atoms with Crippen LogP contribution in [-0.4, -0.2) is 96.7 Å². The minimum atomic E-state index is -4.95. The minimum absolute atomic E-state index is 0.103. The van der Waals surface area contributed by atoms with Crippen LogP contribution in [0.3, 0.4) is 0 Å². The lowest BCUT2D eigenvalue weighted by Gasteiger charge is -2.21. The normalized spacial score (nSPS) is 14.8. The highest BCUT2D eigenvalue weighted by Crippen LogP contribution is 2.45. The van der Waals surface area contributed by atoms with Gasteiger partial charge in [0, 0.05) is 25.7 Å². The molecule has 92 heavy (non-hydrogen) atoms. The molecule has 546 valence electrons. The highest BCUT2D eigenvalue weighted by Gasteiger charge is 2.30. The topological polar surface area (TPSA) is 237 Å². The second-order valence-corrected chi connectivity index (χ2v) is 30.7. The van der Waals surface area contributed by atoms with Crippen molar-refractivity contribution >= 4 is 39.5 Å². The molecule has 0 aliphatic rings. The highest BCUT2D eigenvalue weighted by atomic mass is 31.2. The fourth-order valence-electron chi connectivity index (χ4n) is 11.0. The van der Waals surface area contributed by atoms with Gasteiger partial charge in [-0.1, -0.05) is 312 Å². The van der Waals surface area contributed by atoms with Gasteiger partial charge in [0.05, 0.1) is 26.4 Å². The van der Waals surface area contributed by atoms with E-state index in [0.29, 0.717) is 31.6 Å². The van der Waals surface area contributed by atoms with Gasteiger partial charge < -0.3 is 33.8 Å². The summed E-state index contributed by atoms with van der Waals surface area (Å²) >= 11 is 0. The molecule has 0 fully saturated rings. The van der Waals surface area contributed by atoms with Crippen LogP contribution >= 0.6 is 15.6 Å². The number of hydrogen-bond acceptors (Lipinski definition) is 15. The van der Waals surface area contributed by atoms with Gasteiger partial charge in [-0.05, 0) is 49.4 Å². The first-order valence-electron chi connectivity index (χ1n) is 37.8. The van der Waals surface area contributed by atoms with E-state index in [0.717, 1.165) is 120 Å². The Kier molecular flexibility index (Phi) is 61.3. The zero-order chi connectivity index (χ0) is 68.2. The first-order chi connectivity index (χ1) is 44.2. The van der Waals surface area contributed by atoms with Crippen molar-refractivity contribution < 1.29 is 80.2 Å². The van der Waals surface area contributed by atoms with E-state index in [1.165, 1.54) is 154 Å². The number of aliphatic hydroxyl groups excluding tert-OH is 1. The molecule has 0 rings (SSSR count). The van der Waals surface area contributed by atoms with E-state index < -0.39 is 97.5 Å². The number of rotatable bonds is 70. The van der Waals surface area contributed by atoms with E-state index in [4.69, 9.17) is 37.0 Å². The molecule has 0 bridgehead atoms. The second-order valence-electron chi connectivity index (χ2n) is 27.8. The lowest BCUT2D eigenvalue weighted by atomic mass is 9.99. The van der Waals surface area contributed by atoms with Crippen LogP contribution in [0.1, 0.15) is 364 Å². The van der Waals surface area contributed by atoms with Crippen molar-refractivity contribution in [2.45, 2.75) is 382 Å². The van der Waals surface area contributed by atoms with Crippen molar-refractivity contribution in [2.75, 3.05) is 39.6 Å². The van der Waals surface area contributed by atoms with Gasteiger partial charge in [-0.15, -0.1) is 0 Å². The Morgan fingerprint density at radius 2 is 0.522 bits per heavy atom. The van der Waals surface area contributed by atoms with Crippen LogP contribution < -0.4 is 0 Å². The molecule has 7 atom stereocenters. The lowest BCUT2D eigenvalue weighted by molar-refractivity contribution is -0.161. The maximum Gasteiger partial charge on any atom is 0.472 e. The van der Waals surface area contributed by atoms with Crippen LogP contribution in [0, 0.1) is 23.7 Å². The average Bonchev–Trinajstić information content (AvgIpc) is 3.12. The number of aliphatic hydroxyl groups is 1. The van der Waals surface area contributed by atoms with Crippen LogP contribution in [0.15, 0.2) is 0 Å². The largest absolute Gasteiger partial charge is 0.472 e. The molecule has 0 saturated heterocycles. The molecule has 4 unspecified atom stereocenters.